The number of hydrogen-bond donors (Lipinski definition) is 1. The minimum atomic E-state index is -0.311. The van der Waals surface area contributed by atoms with Crippen LogP contribution in [0, 0.1) is 5.92 Å². The van der Waals surface area contributed by atoms with Crippen molar-refractivity contribution in [3.8, 4) is 0 Å². The molecule has 0 atom stereocenters. The number of nitrogens with zero attached hydrogens (tertiary/aromatic N) is 1. The first kappa shape index (κ1) is 19.1. The summed E-state index contributed by atoms with van der Waals surface area (Å²) in [5.41, 5.74) is 1.18. The van der Waals surface area contributed by atoms with Gasteiger partial charge in [0, 0.05) is 35.2 Å². The average molecular weight is 385 g/mol. The number of piperidine rings is 1. The van der Waals surface area contributed by atoms with Crippen LogP contribution in [0.3, 0.4) is 0 Å². The second-order valence-electron chi connectivity index (χ2n) is 6.57. The van der Waals surface area contributed by atoms with Gasteiger partial charge in [-0.25, -0.2) is 0 Å². The van der Waals surface area contributed by atoms with Crippen LogP contribution in [-0.2, 0) is 4.79 Å². The molecule has 140 valence electrons. The zero-order chi connectivity index (χ0) is 19.2. The minimum Gasteiger partial charge on any atom is -0.343 e. The van der Waals surface area contributed by atoms with E-state index in [-0.39, 0.29) is 30.1 Å². The second-order valence-corrected chi connectivity index (χ2v) is 7.01. The zero-order valence-electron chi connectivity index (χ0n) is 14.9. The third-order valence-electron chi connectivity index (χ3n) is 4.78. The van der Waals surface area contributed by atoms with Gasteiger partial charge in [0.15, 0.2) is 5.78 Å². The van der Waals surface area contributed by atoms with Gasteiger partial charge in [-0.05, 0) is 37.1 Å². The average Bonchev–Trinajstić information content (AvgIpc) is 2.72. The smallest absolute Gasteiger partial charge is 0.251 e. The summed E-state index contributed by atoms with van der Waals surface area (Å²) in [7, 11) is 0. The fraction of sp³-hybridized carbons (Fsp3) is 0.286. The maximum Gasteiger partial charge on any atom is 0.251 e. The van der Waals surface area contributed by atoms with E-state index in [9.17, 15) is 14.4 Å². The Balaban J connectivity index is 1.46. The van der Waals surface area contributed by atoms with Gasteiger partial charge in [-0.1, -0.05) is 41.9 Å². The summed E-state index contributed by atoms with van der Waals surface area (Å²) in [6.45, 7) is 0.997. The molecule has 1 N–H and O–H groups in total. The Morgan fingerprint density at radius 2 is 1.56 bits per heavy atom. The van der Waals surface area contributed by atoms with Gasteiger partial charge in [0.05, 0.1) is 6.54 Å². The van der Waals surface area contributed by atoms with Gasteiger partial charge in [0.2, 0.25) is 5.91 Å². The third-order valence-corrected chi connectivity index (χ3v) is 5.04. The van der Waals surface area contributed by atoms with Crippen molar-refractivity contribution in [3.05, 3.63) is 70.7 Å². The van der Waals surface area contributed by atoms with E-state index in [1.165, 1.54) is 0 Å². The van der Waals surface area contributed by atoms with Crippen molar-refractivity contribution < 1.29 is 14.4 Å². The fourth-order valence-corrected chi connectivity index (χ4v) is 3.33. The summed E-state index contributed by atoms with van der Waals surface area (Å²) in [5, 5.41) is 3.19. The number of ketones is 1. The van der Waals surface area contributed by atoms with Crippen LogP contribution in [0.5, 0.6) is 0 Å². The Morgan fingerprint density at radius 3 is 2.19 bits per heavy atom. The Morgan fingerprint density at radius 1 is 0.926 bits per heavy atom. The topological polar surface area (TPSA) is 66.5 Å². The van der Waals surface area contributed by atoms with E-state index in [1.807, 2.05) is 30.3 Å². The van der Waals surface area contributed by atoms with E-state index < -0.39 is 0 Å². The molecule has 0 aromatic heterocycles. The highest BCUT2D eigenvalue weighted by molar-refractivity contribution is 6.30. The van der Waals surface area contributed by atoms with Gasteiger partial charge in [-0.15, -0.1) is 0 Å². The number of hydrogen-bond acceptors (Lipinski definition) is 3. The van der Waals surface area contributed by atoms with E-state index in [1.54, 1.807) is 29.2 Å². The molecule has 1 fully saturated rings. The number of carbonyl (C=O) groups is 3. The molecule has 27 heavy (non-hydrogen) atoms. The fourth-order valence-electron chi connectivity index (χ4n) is 3.20. The minimum absolute atomic E-state index is 0.0555. The van der Waals surface area contributed by atoms with Gasteiger partial charge in [0.1, 0.15) is 0 Å². The Hall–Kier alpha value is -2.66. The molecule has 1 aliphatic rings. The van der Waals surface area contributed by atoms with Gasteiger partial charge < -0.3 is 10.2 Å². The highest BCUT2D eigenvalue weighted by atomic mass is 35.5. The highest BCUT2D eigenvalue weighted by Crippen LogP contribution is 2.21. The summed E-state index contributed by atoms with van der Waals surface area (Å²) in [6, 6.07) is 15.7. The van der Waals surface area contributed by atoms with Crippen molar-refractivity contribution in [2.45, 2.75) is 12.8 Å². The predicted molar refractivity (Wildman–Crippen MR) is 104 cm³/mol. The molecule has 2 aromatic rings. The van der Waals surface area contributed by atoms with Crippen LogP contribution < -0.4 is 5.32 Å². The van der Waals surface area contributed by atoms with Crippen LogP contribution in [-0.4, -0.2) is 42.1 Å². The molecule has 2 amide bonds. The first-order valence-electron chi connectivity index (χ1n) is 8.95. The number of rotatable bonds is 5. The summed E-state index contributed by atoms with van der Waals surface area (Å²) in [6.07, 6.45) is 1.29. The Labute approximate surface area is 163 Å². The molecule has 2 aromatic carbocycles. The molecule has 5 nitrogen and oxygen atoms in total. The number of benzene rings is 2. The summed E-state index contributed by atoms with van der Waals surface area (Å²) in [5.74, 6) is -0.365. The lowest BCUT2D eigenvalue weighted by Crippen LogP contribution is -2.45. The molecular weight excluding hydrogens is 364 g/mol. The normalized spacial score (nSPS) is 14.6. The summed E-state index contributed by atoms with van der Waals surface area (Å²) < 4.78 is 0. The zero-order valence-corrected chi connectivity index (χ0v) is 15.6. The van der Waals surface area contributed by atoms with E-state index >= 15 is 0 Å². The molecule has 0 spiro atoms. The SMILES string of the molecule is O=C(NCC(=O)N1CCC(C(=O)c2ccccc2)CC1)c1ccc(Cl)cc1. The van der Waals surface area contributed by atoms with Gasteiger partial charge >= 0.3 is 0 Å². The molecule has 1 heterocycles. The number of Topliss-reactive ketones (excluding diaryl/α,β-unsaturated/α-hetero) is 1. The monoisotopic (exact) mass is 384 g/mol. The van der Waals surface area contributed by atoms with Crippen molar-refractivity contribution in [1.29, 1.82) is 0 Å². The summed E-state index contributed by atoms with van der Waals surface area (Å²) >= 11 is 5.80. The lowest BCUT2D eigenvalue weighted by atomic mass is 9.89. The van der Waals surface area contributed by atoms with Gasteiger partial charge in [0.25, 0.3) is 5.91 Å². The number of amides is 2. The molecule has 3 rings (SSSR count). The Kier molecular flexibility index (Phi) is 6.24. The van der Waals surface area contributed by atoms with Crippen LogP contribution >= 0.6 is 11.6 Å². The van der Waals surface area contributed by atoms with Gasteiger partial charge in [-0.2, -0.15) is 0 Å². The van der Waals surface area contributed by atoms with E-state index in [0.29, 0.717) is 36.5 Å². The number of carbonyl (C=O) groups excluding carboxylic acids is 3. The lowest BCUT2D eigenvalue weighted by molar-refractivity contribution is -0.131. The standard InChI is InChI=1S/C21H21ClN2O3/c22-18-8-6-17(7-9-18)21(27)23-14-19(25)24-12-10-16(11-13-24)20(26)15-4-2-1-3-5-15/h1-9,16H,10-14H2,(H,23,27). The van der Waals surface area contributed by atoms with Gasteiger partial charge in [-0.3, -0.25) is 14.4 Å². The molecule has 0 aliphatic carbocycles. The van der Waals surface area contributed by atoms with Crippen LogP contribution in [0.2, 0.25) is 5.02 Å². The van der Waals surface area contributed by atoms with Crippen molar-refractivity contribution in [2.24, 2.45) is 5.92 Å². The molecule has 0 radical (unpaired) electrons. The highest BCUT2D eigenvalue weighted by Gasteiger charge is 2.27. The first-order valence-corrected chi connectivity index (χ1v) is 9.33. The molecule has 1 saturated heterocycles. The van der Waals surface area contributed by atoms with Crippen molar-refractivity contribution >= 4 is 29.2 Å². The molecule has 0 saturated carbocycles. The predicted octanol–water partition coefficient (Wildman–Crippen LogP) is 3.19. The Bertz CT molecular complexity index is 813. The molecule has 6 heteroatoms. The first-order chi connectivity index (χ1) is 13.0. The van der Waals surface area contributed by atoms with Crippen LogP contribution in [0.15, 0.2) is 54.6 Å². The van der Waals surface area contributed by atoms with E-state index in [2.05, 4.69) is 5.32 Å². The van der Waals surface area contributed by atoms with Crippen molar-refractivity contribution in [3.63, 3.8) is 0 Å². The van der Waals surface area contributed by atoms with Crippen LogP contribution in [0.4, 0.5) is 0 Å². The maximum atomic E-state index is 12.5. The van der Waals surface area contributed by atoms with Crippen molar-refractivity contribution in [2.75, 3.05) is 19.6 Å². The molecule has 1 aliphatic heterocycles. The largest absolute Gasteiger partial charge is 0.343 e. The molecule has 0 unspecified atom stereocenters. The number of nitrogens with one attached hydrogen (secondary N) is 1. The van der Waals surface area contributed by atoms with E-state index in [0.717, 1.165) is 5.56 Å². The number of likely N-dealkylation sites (tertiary alicyclic amines) is 1. The third kappa shape index (κ3) is 4.95. The van der Waals surface area contributed by atoms with Crippen LogP contribution in [0.1, 0.15) is 33.6 Å². The van der Waals surface area contributed by atoms with Crippen LogP contribution in [0.25, 0.3) is 0 Å². The lowest BCUT2D eigenvalue weighted by Gasteiger charge is -2.31. The second kappa shape index (κ2) is 8.82. The van der Waals surface area contributed by atoms with Crippen molar-refractivity contribution in [1.82, 2.24) is 10.2 Å². The van der Waals surface area contributed by atoms with E-state index in [4.69, 9.17) is 11.6 Å². The molecule has 0 bridgehead atoms. The molecular formula is C21H21ClN2O3. The summed E-state index contributed by atoms with van der Waals surface area (Å²) in [4.78, 5) is 38.6. The maximum absolute atomic E-state index is 12.5. The number of halogens is 1. The quantitative estimate of drug-likeness (QED) is 0.805.